The lowest BCUT2D eigenvalue weighted by Gasteiger charge is -2.24. The topological polar surface area (TPSA) is 65.1 Å². The minimum absolute atomic E-state index is 0.130. The van der Waals surface area contributed by atoms with Gasteiger partial charge in [-0.3, -0.25) is 4.79 Å². The Kier molecular flexibility index (Phi) is 31.1. The molecule has 0 aliphatic rings. The van der Waals surface area contributed by atoms with Gasteiger partial charge in [0, 0.05) is 19.4 Å². The zero-order valence-electron chi connectivity index (χ0n) is 29.4. The Balaban J connectivity index is 4.89. The summed E-state index contributed by atoms with van der Waals surface area (Å²) < 4.78 is 16.9. The lowest BCUT2D eigenvalue weighted by Crippen LogP contribution is -2.25. The summed E-state index contributed by atoms with van der Waals surface area (Å²) in [5.74, 6) is 0.390. The van der Waals surface area contributed by atoms with Gasteiger partial charge in [-0.1, -0.05) is 149 Å². The van der Waals surface area contributed by atoms with Crippen molar-refractivity contribution >= 4 is 12.1 Å². The van der Waals surface area contributed by atoms with Crippen molar-refractivity contribution in [3.8, 4) is 0 Å². The van der Waals surface area contributed by atoms with E-state index in [1.165, 1.54) is 122 Å². The Morgan fingerprint density at radius 2 is 1.05 bits per heavy atom. The fourth-order valence-electron chi connectivity index (χ4n) is 5.71. The Morgan fingerprint density at radius 1 is 0.558 bits per heavy atom. The molecule has 0 aliphatic carbocycles. The van der Waals surface area contributed by atoms with E-state index >= 15 is 0 Å². The molecule has 0 radical (unpaired) electrons. The van der Waals surface area contributed by atoms with Crippen LogP contribution in [0.25, 0.3) is 0 Å². The van der Waals surface area contributed by atoms with Crippen molar-refractivity contribution in [2.45, 2.75) is 187 Å². The van der Waals surface area contributed by atoms with Crippen molar-refractivity contribution in [3.63, 3.8) is 0 Å². The van der Waals surface area contributed by atoms with Crippen molar-refractivity contribution in [1.82, 2.24) is 4.90 Å². The molecule has 6 heteroatoms. The lowest BCUT2D eigenvalue weighted by molar-refractivity contribution is -0.144. The Bertz CT molecular complexity index is 596. The summed E-state index contributed by atoms with van der Waals surface area (Å²) in [7, 11) is 4.02. The predicted octanol–water partition coefficient (Wildman–Crippen LogP) is 11.0. The van der Waals surface area contributed by atoms with Crippen LogP contribution in [-0.4, -0.2) is 57.0 Å². The SMILES string of the molecule is CCCCCCCCCC(=O)OCCC(CC(CCCCCCCC)CCCCCCCC)OC(=O)OCCCN(C)C. The zero-order valence-corrected chi connectivity index (χ0v) is 29.4. The van der Waals surface area contributed by atoms with Crippen molar-refractivity contribution in [1.29, 1.82) is 0 Å². The number of unbranched alkanes of at least 4 members (excludes halogenated alkanes) is 16. The molecule has 43 heavy (non-hydrogen) atoms. The van der Waals surface area contributed by atoms with Crippen LogP contribution in [0.3, 0.4) is 0 Å². The van der Waals surface area contributed by atoms with E-state index in [4.69, 9.17) is 14.2 Å². The summed E-state index contributed by atoms with van der Waals surface area (Å²) in [5, 5.41) is 0. The van der Waals surface area contributed by atoms with E-state index < -0.39 is 6.16 Å². The van der Waals surface area contributed by atoms with Crippen LogP contribution in [0.1, 0.15) is 181 Å². The first-order valence-corrected chi connectivity index (χ1v) is 18.6. The molecule has 0 aromatic heterocycles. The molecule has 0 spiro atoms. The van der Waals surface area contributed by atoms with Crippen molar-refractivity contribution in [3.05, 3.63) is 0 Å². The Labute approximate surface area is 267 Å². The maximum atomic E-state index is 12.6. The van der Waals surface area contributed by atoms with E-state index in [0.29, 0.717) is 32.0 Å². The first-order valence-electron chi connectivity index (χ1n) is 18.6. The fourth-order valence-corrected chi connectivity index (χ4v) is 5.71. The average Bonchev–Trinajstić information content (AvgIpc) is 2.98. The van der Waals surface area contributed by atoms with Crippen LogP contribution in [0, 0.1) is 5.92 Å². The van der Waals surface area contributed by atoms with Gasteiger partial charge in [0.05, 0.1) is 13.2 Å². The fraction of sp³-hybridized carbons (Fsp3) is 0.946. The largest absolute Gasteiger partial charge is 0.508 e. The molecule has 0 heterocycles. The number of hydrogen-bond donors (Lipinski definition) is 0. The molecule has 1 atom stereocenters. The van der Waals surface area contributed by atoms with Crippen molar-refractivity contribution in [2.24, 2.45) is 5.92 Å². The number of carbonyl (C=O) groups excluding carboxylic acids is 2. The third kappa shape index (κ3) is 30.5. The molecule has 0 rings (SSSR count). The molecule has 1 unspecified atom stereocenters. The van der Waals surface area contributed by atoms with Crippen LogP contribution in [0.5, 0.6) is 0 Å². The van der Waals surface area contributed by atoms with Crippen molar-refractivity contribution < 1.29 is 23.8 Å². The summed E-state index contributed by atoms with van der Waals surface area (Å²) in [6.07, 6.45) is 27.9. The van der Waals surface area contributed by atoms with Gasteiger partial charge in [0.15, 0.2) is 0 Å². The van der Waals surface area contributed by atoms with Crippen LogP contribution in [0.2, 0.25) is 0 Å². The number of rotatable bonds is 32. The predicted molar refractivity (Wildman–Crippen MR) is 182 cm³/mol. The average molecular weight is 612 g/mol. The van der Waals surface area contributed by atoms with Crippen LogP contribution < -0.4 is 0 Å². The molecule has 6 nitrogen and oxygen atoms in total. The maximum Gasteiger partial charge on any atom is 0.508 e. The second-order valence-corrected chi connectivity index (χ2v) is 13.1. The molecule has 0 N–H and O–H groups in total. The number of ether oxygens (including phenoxy) is 3. The first-order chi connectivity index (χ1) is 20.9. The van der Waals surface area contributed by atoms with Gasteiger partial charge in [-0.2, -0.15) is 0 Å². The van der Waals surface area contributed by atoms with Crippen LogP contribution >= 0.6 is 0 Å². The van der Waals surface area contributed by atoms with Crippen LogP contribution in [0.15, 0.2) is 0 Å². The molecule has 0 aromatic carbocycles. The van der Waals surface area contributed by atoms with Gasteiger partial charge in [0.25, 0.3) is 0 Å². The van der Waals surface area contributed by atoms with Crippen LogP contribution in [0.4, 0.5) is 4.79 Å². The van der Waals surface area contributed by atoms with Gasteiger partial charge in [0.2, 0.25) is 0 Å². The maximum absolute atomic E-state index is 12.6. The van der Waals surface area contributed by atoms with E-state index in [-0.39, 0.29) is 12.1 Å². The molecule has 0 aliphatic heterocycles. The van der Waals surface area contributed by atoms with E-state index in [9.17, 15) is 9.59 Å². The van der Waals surface area contributed by atoms with E-state index in [1.807, 2.05) is 14.1 Å². The molecule has 0 amide bonds. The first kappa shape index (κ1) is 41.7. The number of hydrogen-bond acceptors (Lipinski definition) is 6. The Morgan fingerprint density at radius 3 is 1.56 bits per heavy atom. The van der Waals surface area contributed by atoms with Gasteiger partial charge >= 0.3 is 12.1 Å². The quantitative estimate of drug-likeness (QED) is 0.0557. The van der Waals surface area contributed by atoms with Gasteiger partial charge in [-0.25, -0.2) is 4.79 Å². The monoisotopic (exact) mass is 612 g/mol. The second-order valence-electron chi connectivity index (χ2n) is 13.1. The molecule has 0 saturated heterocycles. The zero-order chi connectivity index (χ0) is 31.8. The molecular formula is C37H73NO5. The second kappa shape index (κ2) is 32.1. The van der Waals surface area contributed by atoms with Gasteiger partial charge in [-0.05, 0) is 39.3 Å². The third-order valence-electron chi connectivity index (χ3n) is 8.45. The molecule has 0 saturated carbocycles. The highest BCUT2D eigenvalue weighted by molar-refractivity contribution is 5.69. The normalized spacial score (nSPS) is 12.2. The minimum Gasteiger partial charge on any atom is -0.466 e. The van der Waals surface area contributed by atoms with Gasteiger partial charge < -0.3 is 19.1 Å². The number of carbonyl (C=O) groups is 2. The standard InChI is InChI=1S/C37H73NO5/c1-6-9-12-15-18-21-24-28-36(39)41-32-29-35(43-37(40)42-31-25-30-38(4)5)33-34(26-22-19-16-13-10-7-2)27-23-20-17-14-11-8-3/h34-35H,6-33H2,1-5H3. The smallest absolute Gasteiger partial charge is 0.466 e. The summed E-state index contributed by atoms with van der Waals surface area (Å²) in [6.45, 7) is 8.27. The van der Waals surface area contributed by atoms with Crippen molar-refractivity contribution in [2.75, 3.05) is 33.9 Å². The molecule has 0 fully saturated rings. The molecule has 0 aromatic rings. The van der Waals surface area contributed by atoms with Gasteiger partial charge in [-0.15, -0.1) is 0 Å². The molecular weight excluding hydrogens is 538 g/mol. The third-order valence-corrected chi connectivity index (χ3v) is 8.45. The highest BCUT2D eigenvalue weighted by Gasteiger charge is 2.22. The van der Waals surface area contributed by atoms with Crippen LogP contribution in [-0.2, 0) is 19.0 Å². The highest BCUT2D eigenvalue weighted by Crippen LogP contribution is 2.26. The summed E-state index contributed by atoms with van der Waals surface area (Å²) in [6, 6.07) is 0. The molecule has 0 bridgehead atoms. The highest BCUT2D eigenvalue weighted by atomic mass is 16.7. The van der Waals surface area contributed by atoms with Gasteiger partial charge in [0.1, 0.15) is 6.10 Å². The Hall–Kier alpha value is -1.30. The van der Waals surface area contributed by atoms with E-state index in [2.05, 4.69) is 25.7 Å². The lowest BCUT2D eigenvalue weighted by atomic mass is 9.88. The summed E-state index contributed by atoms with van der Waals surface area (Å²) >= 11 is 0. The summed E-state index contributed by atoms with van der Waals surface area (Å²) in [4.78, 5) is 27.1. The summed E-state index contributed by atoms with van der Waals surface area (Å²) in [5.41, 5.74) is 0. The number of nitrogens with zero attached hydrogens (tertiary/aromatic N) is 1. The number of esters is 1. The minimum atomic E-state index is -0.587. The molecule has 256 valence electrons. The van der Waals surface area contributed by atoms with E-state index in [1.54, 1.807) is 0 Å². The van der Waals surface area contributed by atoms with E-state index in [0.717, 1.165) is 32.2 Å².